The van der Waals surface area contributed by atoms with Crippen LogP contribution in [0.2, 0.25) is 0 Å². The zero-order valence-electron chi connectivity index (χ0n) is 17.3. The fourth-order valence-corrected chi connectivity index (χ4v) is 3.25. The van der Waals surface area contributed by atoms with Crippen LogP contribution in [0, 0.1) is 0 Å². The van der Waals surface area contributed by atoms with E-state index in [1.54, 1.807) is 25.7 Å². The smallest absolute Gasteiger partial charge is 0.255 e. The minimum absolute atomic E-state index is 0.197. The molecule has 0 aliphatic rings. The van der Waals surface area contributed by atoms with Crippen LogP contribution < -0.4 is 10.1 Å². The summed E-state index contributed by atoms with van der Waals surface area (Å²) in [6.45, 7) is 1.94. The van der Waals surface area contributed by atoms with Gasteiger partial charge in [0.1, 0.15) is 5.75 Å². The molecule has 2 heterocycles. The summed E-state index contributed by atoms with van der Waals surface area (Å²) < 4.78 is 5.20. The van der Waals surface area contributed by atoms with Crippen molar-refractivity contribution in [1.82, 2.24) is 20.3 Å². The molecule has 1 atom stereocenters. The first-order chi connectivity index (χ1) is 15.2. The lowest BCUT2D eigenvalue weighted by Crippen LogP contribution is -2.27. The van der Waals surface area contributed by atoms with Crippen LogP contribution in [0.25, 0.3) is 22.6 Å². The summed E-state index contributed by atoms with van der Waals surface area (Å²) in [7, 11) is 1.62. The Balaban J connectivity index is 1.67. The molecule has 1 amide bonds. The van der Waals surface area contributed by atoms with Crippen LogP contribution in [-0.4, -0.2) is 28.0 Å². The lowest BCUT2D eigenvalue weighted by molar-refractivity contribution is 0.0940. The maximum atomic E-state index is 13.2. The van der Waals surface area contributed by atoms with E-state index in [2.05, 4.69) is 15.3 Å². The number of carbonyl (C=O) groups is 1. The number of rotatable bonds is 6. The Labute approximate surface area is 181 Å². The predicted octanol–water partition coefficient (Wildman–Crippen LogP) is 4.71. The molecule has 154 valence electrons. The second-order valence-electron chi connectivity index (χ2n) is 7.03. The summed E-state index contributed by atoms with van der Waals surface area (Å²) in [6.07, 6.45) is 4.95. The number of nitrogens with one attached hydrogen (secondary N) is 1. The Morgan fingerprint density at radius 3 is 2.32 bits per heavy atom. The van der Waals surface area contributed by atoms with Crippen LogP contribution in [0.4, 0.5) is 0 Å². The number of carbonyl (C=O) groups excluding carboxylic acids is 1. The van der Waals surface area contributed by atoms with Gasteiger partial charge >= 0.3 is 0 Å². The quantitative estimate of drug-likeness (QED) is 0.498. The maximum absolute atomic E-state index is 13.2. The van der Waals surface area contributed by atoms with E-state index < -0.39 is 0 Å². The molecule has 6 nitrogen and oxygen atoms in total. The number of hydrogen-bond acceptors (Lipinski definition) is 5. The van der Waals surface area contributed by atoms with E-state index >= 15 is 0 Å². The summed E-state index contributed by atoms with van der Waals surface area (Å²) in [5, 5.41) is 3.04. The third-order valence-electron chi connectivity index (χ3n) is 4.98. The van der Waals surface area contributed by atoms with E-state index in [4.69, 9.17) is 9.72 Å². The molecule has 0 fully saturated rings. The molecule has 31 heavy (non-hydrogen) atoms. The average molecular weight is 410 g/mol. The standard InChI is InChI=1S/C25H22N4O2/c1-17(18-8-10-21(31-2)11-9-18)28-25(30)22-16-27-24(20-6-4-3-5-7-20)29-23(22)19-12-14-26-15-13-19/h3-17H,1-2H3,(H,28,30)/t17-/m1/s1. The van der Waals surface area contributed by atoms with Crippen molar-refractivity contribution in [3.63, 3.8) is 0 Å². The summed E-state index contributed by atoms with van der Waals surface area (Å²) in [6, 6.07) is 20.8. The van der Waals surface area contributed by atoms with Gasteiger partial charge in [0.2, 0.25) is 0 Å². The van der Waals surface area contributed by atoms with E-state index in [1.165, 1.54) is 0 Å². The van der Waals surface area contributed by atoms with Gasteiger partial charge in [-0.15, -0.1) is 0 Å². The van der Waals surface area contributed by atoms with Gasteiger partial charge < -0.3 is 10.1 Å². The largest absolute Gasteiger partial charge is 0.497 e. The fourth-order valence-electron chi connectivity index (χ4n) is 3.25. The Kier molecular flexibility index (Phi) is 5.98. The summed E-state index contributed by atoms with van der Waals surface area (Å²) >= 11 is 0. The van der Waals surface area contributed by atoms with Gasteiger partial charge in [-0.05, 0) is 36.8 Å². The highest BCUT2D eigenvalue weighted by Crippen LogP contribution is 2.25. The highest BCUT2D eigenvalue weighted by atomic mass is 16.5. The number of hydrogen-bond donors (Lipinski definition) is 1. The van der Waals surface area contributed by atoms with Crippen molar-refractivity contribution in [2.24, 2.45) is 0 Å². The molecule has 2 aromatic carbocycles. The van der Waals surface area contributed by atoms with Gasteiger partial charge in [-0.1, -0.05) is 42.5 Å². The van der Waals surface area contributed by atoms with Crippen molar-refractivity contribution in [3.8, 4) is 28.4 Å². The van der Waals surface area contributed by atoms with Gasteiger partial charge in [-0.2, -0.15) is 0 Å². The molecule has 0 bridgehead atoms. The summed E-state index contributed by atoms with van der Waals surface area (Å²) in [5.74, 6) is 1.09. The molecule has 0 radical (unpaired) electrons. The van der Waals surface area contributed by atoms with Crippen LogP contribution in [0.3, 0.4) is 0 Å². The minimum atomic E-state index is -0.241. The van der Waals surface area contributed by atoms with E-state index in [9.17, 15) is 4.79 Å². The second-order valence-corrected chi connectivity index (χ2v) is 7.03. The molecule has 0 spiro atoms. The number of pyridine rings is 1. The highest BCUT2D eigenvalue weighted by Gasteiger charge is 2.19. The molecule has 0 saturated carbocycles. The molecule has 0 aliphatic carbocycles. The molecular weight excluding hydrogens is 388 g/mol. The van der Waals surface area contributed by atoms with Gasteiger partial charge in [0, 0.05) is 29.7 Å². The van der Waals surface area contributed by atoms with Crippen LogP contribution in [-0.2, 0) is 0 Å². The number of methoxy groups -OCH3 is 1. The topological polar surface area (TPSA) is 77.0 Å². The minimum Gasteiger partial charge on any atom is -0.497 e. The molecular formula is C25H22N4O2. The highest BCUT2D eigenvalue weighted by molar-refractivity contribution is 6.00. The lowest BCUT2D eigenvalue weighted by atomic mass is 10.1. The molecule has 0 unspecified atom stereocenters. The number of nitrogens with zero attached hydrogens (tertiary/aromatic N) is 3. The number of amides is 1. The first kappa shape index (κ1) is 20.2. The van der Waals surface area contributed by atoms with Crippen molar-refractivity contribution < 1.29 is 9.53 Å². The second kappa shape index (κ2) is 9.17. The number of benzene rings is 2. The third-order valence-corrected chi connectivity index (χ3v) is 4.98. The van der Waals surface area contributed by atoms with Crippen LogP contribution in [0.15, 0.2) is 85.3 Å². The van der Waals surface area contributed by atoms with E-state index in [-0.39, 0.29) is 11.9 Å². The molecule has 0 saturated heterocycles. The zero-order chi connectivity index (χ0) is 21.6. The Hall–Kier alpha value is -4.06. The van der Waals surface area contributed by atoms with Crippen molar-refractivity contribution in [1.29, 1.82) is 0 Å². The summed E-state index contributed by atoms with van der Waals surface area (Å²) in [5.41, 5.74) is 3.64. The molecule has 1 N–H and O–H groups in total. The lowest BCUT2D eigenvalue weighted by Gasteiger charge is -2.16. The van der Waals surface area contributed by atoms with E-state index in [0.29, 0.717) is 17.1 Å². The monoisotopic (exact) mass is 410 g/mol. The van der Waals surface area contributed by atoms with Gasteiger partial charge in [0.05, 0.1) is 24.4 Å². The average Bonchev–Trinajstić information content (AvgIpc) is 2.84. The van der Waals surface area contributed by atoms with Gasteiger partial charge in [0.15, 0.2) is 5.82 Å². The fraction of sp³-hybridized carbons (Fsp3) is 0.120. The molecule has 6 heteroatoms. The first-order valence-electron chi connectivity index (χ1n) is 9.93. The van der Waals surface area contributed by atoms with Crippen LogP contribution >= 0.6 is 0 Å². The van der Waals surface area contributed by atoms with Crippen molar-refractivity contribution >= 4 is 5.91 Å². The SMILES string of the molecule is COc1ccc([C@@H](C)NC(=O)c2cnc(-c3ccccc3)nc2-c2ccncc2)cc1. The molecule has 4 rings (SSSR count). The zero-order valence-corrected chi connectivity index (χ0v) is 17.3. The number of aromatic nitrogens is 3. The van der Waals surface area contributed by atoms with E-state index in [0.717, 1.165) is 22.4 Å². The van der Waals surface area contributed by atoms with Gasteiger partial charge in [-0.3, -0.25) is 9.78 Å². The van der Waals surface area contributed by atoms with Gasteiger partial charge in [0.25, 0.3) is 5.91 Å². The van der Waals surface area contributed by atoms with Crippen LogP contribution in [0.5, 0.6) is 5.75 Å². The Bertz CT molecular complexity index is 1160. The van der Waals surface area contributed by atoms with Crippen molar-refractivity contribution in [2.75, 3.05) is 7.11 Å². The van der Waals surface area contributed by atoms with Crippen molar-refractivity contribution in [3.05, 3.63) is 96.4 Å². The Morgan fingerprint density at radius 2 is 1.65 bits per heavy atom. The summed E-state index contributed by atoms with van der Waals surface area (Å²) in [4.78, 5) is 26.4. The van der Waals surface area contributed by atoms with Crippen LogP contribution in [0.1, 0.15) is 28.9 Å². The molecule has 2 aromatic heterocycles. The predicted molar refractivity (Wildman–Crippen MR) is 120 cm³/mol. The molecule has 0 aliphatic heterocycles. The van der Waals surface area contributed by atoms with Crippen molar-refractivity contribution in [2.45, 2.75) is 13.0 Å². The molecule has 4 aromatic rings. The first-order valence-corrected chi connectivity index (χ1v) is 9.93. The number of ether oxygens (including phenoxy) is 1. The van der Waals surface area contributed by atoms with E-state index in [1.807, 2.05) is 73.7 Å². The normalized spacial score (nSPS) is 11.5. The maximum Gasteiger partial charge on any atom is 0.255 e. The van der Waals surface area contributed by atoms with Gasteiger partial charge in [-0.25, -0.2) is 9.97 Å². The Morgan fingerprint density at radius 1 is 0.935 bits per heavy atom. The third kappa shape index (κ3) is 4.59.